The zero-order chi connectivity index (χ0) is 14.9. The van der Waals surface area contributed by atoms with Crippen LogP contribution in [0, 0.1) is 6.92 Å². The molecule has 0 unspecified atom stereocenters. The maximum absolute atomic E-state index is 5.36. The first-order valence-electron chi connectivity index (χ1n) is 6.93. The van der Waals surface area contributed by atoms with Crippen molar-refractivity contribution in [1.29, 1.82) is 0 Å². The van der Waals surface area contributed by atoms with Gasteiger partial charge in [0.15, 0.2) is 0 Å². The molecule has 3 aromatic rings. The number of nitrogens with two attached hydrogens (primary N) is 1. The molecule has 0 aliphatic rings. The van der Waals surface area contributed by atoms with E-state index in [0.717, 1.165) is 17.1 Å². The number of benzene rings is 3. The minimum absolute atomic E-state index is 0.822. The topological polar surface area (TPSA) is 38.0 Å². The first-order chi connectivity index (χ1) is 10.2. The van der Waals surface area contributed by atoms with Crippen LogP contribution in [-0.4, -0.2) is 0 Å². The van der Waals surface area contributed by atoms with Gasteiger partial charge in [-0.2, -0.15) is 0 Å². The van der Waals surface area contributed by atoms with Crippen LogP contribution in [0.5, 0.6) is 0 Å². The fraction of sp³-hybridized carbons (Fsp3) is 0.0526. The molecule has 0 saturated carbocycles. The van der Waals surface area contributed by atoms with E-state index >= 15 is 0 Å². The lowest BCUT2D eigenvalue weighted by Gasteiger charge is -2.06. The van der Waals surface area contributed by atoms with Gasteiger partial charge in [-0.05, 0) is 48.9 Å². The predicted molar refractivity (Wildman–Crippen MR) is 91.8 cm³/mol. The second-order valence-corrected chi connectivity index (χ2v) is 4.77. The van der Waals surface area contributed by atoms with E-state index in [-0.39, 0.29) is 0 Å². The van der Waals surface area contributed by atoms with Gasteiger partial charge in [-0.3, -0.25) is 0 Å². The number of anilines is 3. The highest BCUT2D eigenvalue weighted by Gasteiger charge is 1.92. The van der Waals surface area contributed by atoms with E-state index in [1.807, 2.05) is 48.5 Å². The highest BCUT2D eigenvalue weighted by molar-refractivity contribution is 5.59. The number of hydrogen-bond donors (Lipinski definition) is 2. The van der Waals surface area contributed by atoms with E-state index in [4.69, 9.17) is 5.73 Å². The Labute approximate surface area is 126 Å². The molecule has 0 aliphatic heterocycles. The summed E-state index contributed by atoms with van der Waals surface area (Å²) in [5.74, 6) is 0. The van der Waals surface area contributed by atoms with Crippen LogP contribution in [0.15, 0.2) is 84.9 Å². The summed E-state index contributed by atoms with van der Waals surface area (Å²) in [6.07, 6.45) is 0. The molecule has 3 rings (SSSR count). The van der Waals surface area contributed by atoms with E-state index in [2.05, 4.69) is 48.6 Å². The summed E-state index contributed by atoms with van der Waals surface area (Å²) in [4.78, 5) is 0. The maximum Gasteiger partial charge on any atom is 0.0386 e. The first-order valence-corrected chi connectivity index (χ1v) is 6.93. The number of nitrogen functional groups attached to an aromatic ring is 1. The Hall–Kier alpha value is -2.74. The fourth-order valence-corrected chi connectivity index (χ4v) is 1.86. The fourth-order valence-electron chi connectivity index (χ4n) is 1.86. The number of rotatable bonds is 2. The highest BCUT2D eigenvalue weighted by atomic mass is 14.9. The SMILES string of the molecule is Cc1cccc(Nc2ccccc2)c1.Nc1ccccc1. The summed E-state index contributed by atoms with van der Waals surface area (Å²) >= 11 is 0. The molecule has 2 heteroatoms. The van der Waals surface area contributed by atoms with Gasteiger partial charge in [0, 0.05) is 17.1 Å². The molecule has 3 N–H and O–H groups in total. The molecular formula is C19H20N2. The van der Waals surface area contributed by atoms with Crippen molar-refractivity contribution in [3.05, 3.63) is 90.5 Å². The van der Waals surface area contributed by atoms with Gasteiger partial charge in [0.2, 0.25) is 0 Å². The summed E-state index contributed by atoms with van der Waals surface area (Å²) in [5, 5.41) is 3.34. The molecule has 3 aromatic carbocycles. The average Bonchev–Trinajstić information content (AvgIpc) is 2.50. The smallest absolute Gasteiger partial charge is 0.0386 e. The highest BCUT2D eigenvalue weighted by Crippen LogP contribution is 2.16. The maximum atomic E-state index is 5.36. The summed E-state index contributed by atoms with van der Waals surface area (Å²) in [7, 11) is 0. The van der Waals surface area contributed by atoms with Gasteiger partial charge in [-0.15, -0.1) is 0 Å². The molecule has 0 aromatic heterocycles. The van der Waals surface area contributed by atoms with Gasteiger partial charge in [-0.1, -0.05) is 48.5 Å². The van der Waals surface area contributed by atoms with Crippen molar-refractivity contribution < 1.29 is 0 Å². The van der Waals surface area contributed by atoms with Gasteiger partial charge >= 0.3 is 0 Å². The van der Waals surface area contributed by atoms with Crippen molar-refractivity contribution in [3.63, 3.8) is 0 Å². The third-order valence-corrected chi connectivity index (χ3v) is 2.88. The summed E-state index contributed by atoms with van der Waals surface area (Å²) in [6.45, 7) is 2.09. The van der Waals surface area contributed by atoms with Crippen molar-refractivity contribution in [2.24, 2.45) is 0 Å². The molecule has 0 radical (unpaired) electrons. The molecule has 0 spiro atoms. The number of aryl methyl sites for hydroxylation is 1. The van der Waals surface area contributed by atoms with Crippen molar-refractivity contribution in [2.45, 2.75) is 6.92 Å². The molecule has 0 atom stereocenters. The third kappa shape index (κ3) is 5.41. The lowest BCUT2D eigenvalue weighted by Crippen LogP contribution is -1.89. The quantitative estimate of drug-likeness (QED) is 0.646. The van der Waals surface area contributed by atoms with Gasteiger partial charge in [0.25, 0.3) is 0 Å². The number of para-hydroxylation sites is 2. The van der Waals surface area contributed by atoms with Crippen LogP contribution in [0.1, 0.15) is 5.56 Å². The van der Waals surface area contributed by atoms with E-state index in [1.54, 1.807) is 0 Å². The predicted octanol–water partition coefficient (Wildman–Crippen LogP) is 5.01. The summed E-state index contributed by atoms with van der Waals surface area (Å²) in [5.41, 5.74) is 9.71. The van der Waals surface area contributed by atoms with Gasteiger partial charge < -0.3 is 11.1 Å². The van der Waals surface area contributed by atoms with E-state index in [1.165, 1.54) is 5.56 Å². The van der Waals surface area contributed by atoms with E-state index < -0.39 is 0 Å². The minimum Gasteiger partial charge on any atom is -0.399 e. The zero-order valence-corrected chi connectivity index (χ0v) is 12.2. The van der Waals surface area contributed by atoms with Crippen molar-refractivity contribution in [3.8, 4) is 0 Å². The van der Waals surface area contributed by atoms with Crippen molar-refractivity contribution >= 4 is 17.1 Å². The second-order valence-electron chi connectivity index (χ2n) is 4.77. The van der Waals surface area contributed by atoms with Gasteiger partial charge in [0.1, 0.15) is 0 Å². The van der Waals surface area contributed by atoms with Crippen LogP contribution < -0.4 is 11.1 Å². The summed E-state index contributed by atoms with van der Waals surface area (Å²) in [6, 6.07) is 28.0. The second kappa shape index (κ2) is 7.75. The van der Waals surface area contributed by atoms with Crippen molar-refractivity contribution in [1.82, 2.24) is 0 Å². The zero-order valence-electron chi connectivity index (χ0n) is 12.2. The van der Waals surface area contributed by atoms with Crippen LogP contribution in [0.25, 0.3) is 0 Å². The van der Waals surface area contributed by atoms with E-state index in [9.17, 15) is 0 Å². The molecule has 106 valence electrons. The first kappa shape index (κ1) is 14.7. The Kier molecular flexibility index (Phi) is 5.41. The summed E-state index contributed by atoms with van der Waals surface area (Å²) < 4.78 is 0. The largest absolute Gasteiger partial charge is 0.399 e. The molecule has 0 saturated heterocycles. The Morgan fingerprint density at radius 2 is 1.24 bits per heavy atom. The Morgan fingerprint density at radius 1 is 0.667 bits per heavy atom. The molecule has 0 amide bonds. The molecule has 0 heterocycles. The molecular weight excluding hydrogens is 256 g/mol. The monoisotopic (exact) mass is 276 g/mol. The Balaban J connectivity index is 0.000000194. The third-order valence-electron chi connectivity index (χ3n) is 2.88. The lowest BCUT2D eigenvalue weighted by molar-refractivity contribution is 1.45. The number of hydrogen-bond acceptors (Lipinski definition) is 2. The van der Waals surface area contributed by atoms with Crippen LogP contribution >= 0.6 is 0 Å². The molecule has 0 fully saturated rings. The Morgan fingerprint density at radius 3 is 1.76 bits per heavy atom. The van der Waals surface area contributed by atoms with E-state index in [0.29, 0.717) is 0 Å². The standard InChI is InChI=1S/C13H13N.C6H7N/c1-11-6-5-9-13(10-11)14-12-7-3-2-4-8-12;7-6-4-2-1-3-5-6/h2-10,14H,1H3;1-5H,7H2. The molecule has 21 heavy (non-hydrogen) atoms. The van der Waals surface area contributed by atoms with Crippen LogP contribution in [0.2, 0.25) is 0 Å². The molecule has 0 bridgehead atoms. The van der Waals surface area contributed by atoms with Gasteiger partial charge in [-0.25, -0.2) is 0 Å². The van der Waals surface area contributed by atoms with Crippen LogP contribution in [-0.2, 0) is 0 Å². The van der Waals surface area contributed by atoms with Crippen molar-refractivity contribution in [2.75, 3.05) is 11.1 Å². The number of nitrogens with one attached hydrogen (secondary N) is 1. The minimum atomic E-state index is 0.822. The molecule has 2 nitrogen and oxygen atoms in total. The van der Waals surface area contributed by atoms with Gasteiger partial charge in [0.05, 0.1) is 0 Å². The van der Waals surface area contributed by atoms with Crippen LogP contribution in [0.3, 0.4) is 0 Å². The van der Waals surface area contributed by atoms with Crippen LogP contribution in [0.4, 0.5) is 17.1 Å². The average molecular weight is 276 g/mol. The normalized spacial score (nSPS) is 9.38. The lowest BCUT2D eigenvalue weighted by atomic mass is 10.2. The Bertz CT molecular complexity index is 649. The molecule has 0 aliphatic carbocycles.